The molecule has 1 aromatic carbocycles. The Balaban J connectivity index is 0.00000196. The zero-order valence-electron chi connectivity index (χ0n) is 13.9. The van der Waals surface area contributed by atoms with Crippen LogP contribution in [0.3, 0.4) is 0 Å². The second-order valence-corrected chi connectivity index (χ2v) is 6.45. The molecule has 10 heteroatoms. The molecule has 2 fully saturated rings. The van der Waals surface area contributed by atoms with Crippen molar-refractivity contribution in [2.45, 2.75) is 31.2 Å². The minimum absolute atomic E-state index is 0. The lowest BCUT2D eigenvalue weighted by molar-refractivity contribution is -0.133. The van der Waals surface area contributed by atoms with E-state index in [9.17, 15) is 14.4 Å². The molecule has 26 heavy (non-hydrogen) atoms. The van der Waals surface area contributed by atoms with Gasteiger partial charge in [-0.1, -0.05) is 12.8 Å². The summed E-state index contributed by atoms with van der Waals surface area (Å²) in [5, 5.41) is 5.35. The van der Waals surface area contributed by atoms with E-state index in [0.29, 0.717) is 35.7 Å². The third-order valence-corrected chi connectivity index (χ3v) is 4.82. The summed E-state index contributed by atoms with van der Waals surface area (Å²) in [7, 11) is 0. The summed E-state index contributed by atoms with van der Waals surface area (Å²) in [6.07, 6.45) is 3.01. The Kier molecular flexibility index (Phi) is 4.57. The maximum Gasteiger partial charge on any atom is 0.325 e. The molecule has 4 amide bonds. The monoisotopic (exact) mass is 382 g/mol. The van der Waals surface area contributed by atoms with E-state index in [1.807, 2.05) is 0 Å². The van der Waals surface area contributed by atoms with Crippen molar-refractivity contribution in [3.63, 3.8) is 0 Å². The molecule has 4 N–H and O–H groups in total. The number of amides is 4. The van der Waals surface area contributed by atoms with Crippen LogP contribution in [0, 0.1) is 0 Å². The summed E-state index contributed by atoms with van der Waals surface area (Å²) < 4.78 is 10.5. The topological polar surface area (TPSA) is 123 Å². The van der Waals surface area contributed by atoms with Gasteiger partial charge in [0.05, 0.1) is 11.4 Å². The molecule has 0 bridgehead atoms. The number of anilines is 2. The molecule has 0 radical (unpaired) electrons. The number of fused-ring (bicyclic) bond motifs is 1. The van der Waals surface area contributed by atoms with Gasteiger partial charge in [0.1, 0.15) is 12.1 Å². The van der Waals surface area contributed by atoms with Crippen molar-refractivity contribution in [1.82, 2.24) is 10.2 Å². The zero-order valence-corrected chi connectivity index (χ0v) is 14.7. The predicted octanol–water partition coefficient (Wildman–Crippen LogP) is 1.22. The second-order valence-electron chi connectivity index (χ2n) is 6.45. The normalized spacial score (nSPS) is 19.5. The van der Waals surface area contributed by atoms with Gasteiger partial charge in [-0.2, -0.15) is 0 Å². The van der Waals surface area contributed by atoms with Gasteiger partial charge in [0.2, 0.25) is 12.7 Å². The number of nitrogens with two attached hydrogens (primary N) is 1. The van der Waals surface area contributed by atoms with Gasteiger partial charge in [0, 0.05) is 12.1 Å². The molecule has 0 atom stereocenters. The first-order valence-corrected chi connectivity index (χ1v) is 8.12. The number of rotatable bonds is 3. The van der Waals surface area contributed by atoms with E-state index in [4.69, 9.17) is 15.2 Å². The van der Waals surface area contributed by atoms with Gasteiger partial charge in [0.15, 0.2) is 11.5 Å². The Hall–Kier alpha value is -2.68. The van der Waals surface area contributed by atoms with Crippen molar-refractivity contribution in [2.75, 3.05) is 24.4 Å². The Bertz CT molecular complexity index is 778. The van der Waals surface area contributed by atoms with Gasteiger partial charge >= 0.3 is 6.03 Å². The first kappa shape index (κ1) is 18.1. The second kappa shape index (κ2) is 6.56. The van der Waals surface area contributed by atoms with Crippen LogP contribution in [-0.4, -0.2) is 41.6 Å². The quantitative estimate of drug-likeness (QED) is 0.533. The lowest BCUT2D eigenvalue weighted by atomic mass is 9.98. The van der Waals surface area contributed by atoms with E-state index in [0.717, 1.165) is 17.7 Å². The van der Waals surface area contributed by atoms with Gasteiger partial charge in [-0.15, -0.1) is 12.4 Å². The van der Waals surface area contributed by atoms with E-state index in [1.54, 1.807) is 12.1 Å². The average Bonchev–Trinajstić information content (AvgIpc) is 3.26. The number of hydrogen-bond donors (Lipinski definition) is 3. The van der Waals surface area contributed by atoms with Gasteiger partial charge in [0.25, 0.3) is 5.91 Å². The van der Waals surface area contributed by atoms with Gasteiger partial charge in [-0.3, -0.25) is 14.5 Å². The molecule has 2 aliphatic heterocycles. The lowest BCUT2D eigenvalue weighted by Gasteiger charge is -2.19. The van der Waals surface area contributed by atoms with Crippen molar-refractivity contribution < 1.29 is 23.9 Å². The summed E-state index contributed by atoms with van der Waals surface area (Å²) in [6, 6.07) is 2.58. The molecule has 1 aromatic rings. The summed E-state index contributed by atoms with van der Waals surface area (Å²) >= 11 is 0. The van der Waals surface area contributed by atoms with E-state index in [-0.39, 0.29) is 31.7 Å². The highest BCUT2D eigenvalue weighted by molar-refractivity contribution is 6.10. The van der Waals surface area contributed by atoms with Gasteiger partial charge in [-0.25, -0.2) is 4.79 Å². The predicted molar refractivity (Wildman–Crippen MR) is 94.3 cm³/mol. The molecule has 9 nitrogen and oxygen atoms in total. The number of ether oxygens (including phenoxy) is 2. The van der Waals surface area contributed by atoms with Crippen LogP contribution in [0.2, 0.25) is 0 Å². The Labute approximate surface area is 155 Å². The van der Waals surface area contributed by atoms with Crippen molar-refractivity contribution in [1.29, 1.82) is 0 Å². The highest BCUT2D eigenvalue weighted by Crippen LogP contribution is 2.38. The highest BCUT2D eigenvalue weighted by Gasteiger charge is 2.52. The van der Waals surface area contributed by atoms with Gasteiger partial charge < -0.3 is 25.8 Å². The van der Waals surface area contributed by atoms with E-state index in [1.165, 1.54) is 0 Å². The smallest absolute Gasteiger partial charge is 0.325 e. The van der Waals surface area contributed by atoms with E-state index < -0.39 is 17.5 Å². The number of imide groups is 1. The van der Waals surface area contributed by atoms with Crippen LogP contribution in [0.4, 0.5) is 16.2 Å². The maximum atomic E-state index is 12.5. The number of benzene rings is 1. The fraction of sp³-hybridized carbons (Fsp3) is 0.438. The van der Waals surface area contributed by atoms with Crippen LogP contribution >= 0.6 is 12.4 Å². The number of nitrogens with one attached hydrogen (secondary N) is 2. The number of carbonyl (C=O) groups excluding carboxylic acids is 3. The van der Waals surface area contributed by atoms with E-state index in [2.05, 4.69) is 10.6 Å². The Morgan fingerprint density at radius 2 is 1.88 bits per heavy atom. The first-order chi connectivity index (χ1) is 12.0. The largest absolute Gasteiger partial charge is 0.454 e. The number of halogens is 1. The average molecular weight is 383 g/mol. The maximum absolute atomic E-state index is 12.5. The zero-order chi connectivity index (χ0) is 17.6. The first-order valence-electron chi connectivity index (χ1n) is 8.12. The molecule has 0 aromatic heterocycles. The Morgan fingerprint density at radius 3 is 2.58 bits per heavy atom. The Morgan fingerprint density at radius 1 is 1.23 bits per heavy atom. The number of carbonyl (C=O) groups is 3. The summed E-state index contributed by atoms with van der Waals surface area (Å²) in [5.74, 6) is 0.144. The van der Waals surface area contributed by atoms with Crippen molar-refractivity contribution >= 4 is 41.6 Å². The molecule has 4 rings (SSSR count). The third-order valence-electron chi connectivity index (χ3n) is 4.82. The summed E-state index contributed by atoms with van der Waals surface area (Å²) in [6.45, 7) is -0.267. The summed E-state index contributed by atoms with van der Waals surface area (Å²) in [5.41, 5.74) is 5.72. The highest BCUT2D eigenvalue weighted by atomic mass is 35.5. The number of hydrogen-bond acceptors (Lipinski definition) is 6. The van der Waals surface area contributed by atoms with Crippen LogP contribution in [0.15, 0.2) is 12.1 Å². The minimum atomic E-state index is -0.824. The molecular formula is C16H19ClN4O5. The van der Waals surface area contributed by atoms with Crippen LogP contribution in [0.5, 0.6) is 11.5 Å². The SMILES string of the molecule is Cl.Nc1cc2c(cc1NC(=O)CN1C(=O)NC3(CCCC3)C1=O)OCO2. The fourth-order valence-electron chi connectivity index (χ4n) is 3.54. The molecule has 0 unspecified atom stereocenters. The number of nitrogens with zero attached hydrogens (tertiary/aromatic N) is 1. The molecule has 1 saturated carbocycles. The van der Waals surface area contributed by atoms with Gasteiger partial charge in [-0.05, 0) is 12.8 Å². The van der Waals surface area contributed by atoms with Crippen LogP contribution < -0.4 is 25.8 Å². The van der Waals surface area contributed by atoms with Crippen LogP contribution in [0.1, 0.15) is 25.7 Å². The minimum Gasteiger partial charge on any atom is -0.454 e. The van der Waals surface area contributed by atoms with Crippen LogP contribution in [-0.2, 0) is 9.59 Å². The molecule has 1 aliphatic carbocycles. The van der Waals surface area contributed by atoms with Crippen molar-refractivity contribution in [3.8, 4) is 11.5 Å². The van der Waals surface area contributed by atoms with E-state index >= 15 is 0 Å². The molecular weight excluding hydrogens is 364 g/mol. The molecule has 1 spiro atoms. The molecule has 140 valence electrons. The van der Waals surface area contributed by atoms with Crippen LogP contribution in [0.25, 0.3) is 0 Å². The summed E-state index contributed by atoms with van der Waals surface area (Å²) in [4.78, 5) is 37.9. The number of urea groups is 1. The standard InChI is InChI=1S/C16H18N4O5.ClH/c17-9-5-11-12(25-8-24-11)6-10(9)18-13(21)7-20-14(22)16(19-15(20)23)3-1-2-4-16;/h5-6H,1-4,7-8,17H2,(H,18,21)(H,19,23);1H. The molecule has 1 saturated heterocycles. The lowest BCUT2D eigenvalue weighted by Crippen LogP contribution is -2.44. The van der Waals surface area contributed by atoms with Crippen molar-refractivity contribution in [2.24, 2.45) is 0 Å². The molecule has 2 heterocycles. The fourth-order valence-corrected chi connectivity index (χ4v) is 3.54. The van der Waals surface area contributed by atoms with Crippen molar-refractivity contribution in [3.05, 3.63) is 12.1 Å². The third kappa shape index (κ3) is 2.88. The number of nitrogen functional groups attached to an aromatic ring is 1. The molecule has 3 aliphatic rings.